The number of fused-ring (bicyclic) bond motifs is 1. The van der Waals surface area contributed by atoms with E-state index in [-0.39, 0.29) is 5.41 Å². The van der Waals surface area contributed by atoms with Gasteiger partial charge >= 0.3 is 0 Å². The smallest absolute Gasteiger partial charge is 0.0700 e. The van der Waals surface area contributed by atoms with Gasteiger partial charge in [-0.05, 0) is 36.8 Å². The molecular formula is C16H23ClO2. The summed E-state index contributed by atoms with van der Waals surface area (Å²) in [5.41, 5.74) is 3.00. The van der Waals surface area contributed by atoms with Crippen molar-refractivity contribution in [2.75, 3.05) is 32.8 Å². The summed E-state index contributed by atoms with van der Waals surface area (Å²) in [5, 5.41) is 0. The number of benzene rings is 1. The van der Waals surface area contributed by atoms with E-state index >= 15 is 0 Å². The van der Waals surface area contributed by atoms with Crippen LogP contribution in [0.3, 0.4) is 0 Å². The van der Waals surface area contributed by atoms with E-state index in [1.807, 2.05) is 0 Å². The largest absolute Gasteiger partial charge is 0.382 e. The van der Waals surface area contributed by atoms with Gasteiger partial charge in [0.2, 0.25) is 0 Å². The summed E-state index contributed by atoms with van der Waals surface area (Å²) in [6, 6.07) is 8.73. The first kappa shape index (κ1) is 14.8. The number of rotatable bonds is 7. The lowest BCUT2D eigenvalue weighted by molar-refractivity contribution is 0.0605. The number of hydrogen-bond donors (Lipinski definition) is 0. The minimum Gasteiger partial charge on any atom is -0.382 e. The standard InChI is InChI=1S/C16H23ClO2/c1-18-11-12-19-10-9-16(13-17)8-4-6-14-5-2-3-7-15(14)16/h2-3,5,7H,4,6,8-13H2,1H3. The Hall–Kier alpha value is -0.570. The minimum atomic E-state index is 0.101. The number of aryl methyl sites for hydroxylation is 1. The van der Waals surface area contributed by atoms with Crippen LogP contribution >= 0.6 is 11.6 Å². The quantitative estimate of drug-likeness (QED) is 0.562. The van der Waals surface area contributed by atoms with E-state index in [1.54, 1.807) is 7.11 Å². The predicted octanol–water partition coefficient (Wildman–Crippen LogP) is 3.55. The van der Waals surface area contributed by atoms with Crippen molar-refractivity contribution in [1.29, 1.82) is 0 Å². The van der Waals surface area contributed by atoms with E-state index in [9.17, 15) is 0 Å². The number of alkyl halides is 1. The zero-order valence-corrected chi connectivity index (χ0v) is 12.4. The number of ether oxygens (including phenoxy) is 2. The molecule has 0 bridgehead atoms. The van der Waals surface area contributed by atoms with Crippen molar-refractivity contribution < 1.29 is 9.47 Å². The van der Waals surface area contributed by atoms with E-state index in [0.717, 1.165) is 13.0 Å². The molecule has 1 aromatic rings. The van der Waals surface area contributed by atoms with Gasteiger partial charge in [0.15, 0.2) is 0 Å². The van der Waals surface area contributed by atoms with Gasteiger partial charge in [-0.3, -0.25) is 0 Å². The molecule has 3 heteroatoms. The molecule has 1 atom stereocenters. The van der Waals surface area contributed by atoms with Crippen molar-refractivity contribution in [2.24, 2.45) is 0 Å². The SMILES string of the molecule is COCCOCCC1(CCl)CCCc2ccccc21. The van der Waals surface area contributed by atoms with Crippen LogP contribution in [0.25, 0.3) is 0 Å². The summed E-state index contributed by atoms with van der Waals surface area (Å²) in [4.78, 5) is 0. The zero-order valence-electron chi connectivity index (χ0n) is 11.7. The van der Waals surface area contributed by atoms with Crippen molar-refractivity contribution in [3.8, 4) is 0 Å². The molecule has 0 saturated carbocycles. The second kappa shape index (κ2) is 7.28. The van der Waals surface area contributed by atoms with Gasteiger partial charge in [0.25, 0.3) is 0 Å². The minimum absolute atomic E-state index is 0.101. The molecule has 0 radical (unpaired) electrons. The molecule has 1 aliphatic carbocycles. The van der Waals surface area contributed by atoms with Gasteiger partial charge in [-0.1, -0.05) is 24.3 Å². The van der Waals surface area contributed by atoms with Crippen molar-refractivity contribution in [1.82, 2.24) is 0 Å². The Morgan fingerprint density at radius 2 is 2.05 bits per heavy atom. The van der Waals surface area contributed by atoms with Gasteiger partial charge in [0.1, 0.15) is 0 Å². The molecule has 0 aliphatic heterocycles. The van der Waals surface area contributed by atoms with E-state index in [4.69, 9.17) is 21.1 Å². The van der Waals surface area contributed by atoms with Gasteiger partial charge in [-0.15, -0.1) is 11.6 Å². The Morgan fingerprint density at radius 3 is 2.84 bits per heavy atom. The molecule has 0 amide bonds. The van der Waals surface area contributed by atoms with Crippen LogP contribution in [0.15, 0.2) is 24.3 Å². The van der Waals surface area contributed by atoms with Crippen molar-refractivity contribution in [3.05, 3.63) is 35.4 Å². The zero-order chi connectivity index (χ0) is 13.6. The summed E-state index contributed by atoms with van der Waals surface area (Å²) >= 11 is 6.32. The molecule has 0 saturated heterocycles. The van der Waals surface area contributed by atoms with Gasteiger partial charge < -0.3 is 9.47 Å². The van der Waals surface area contributed by atoms with Crippen LogP contribution < -0.4 is 0 Å². The highest BCUT2D eigenvalue weighted by Crippen LogP contribution is 2.40. The number of halogens is 1. The Bertz CT molecular complexity index is 394. The van der Waals surface area contributed by atoms with Crippen molar-refractivity contribution >= 4 is 11.6 Å². The summed E-state index contributed by atoms with van der Waals surface area (Å²) in [7, 11) is 1.70. The van der Waals surface area contributed by atoms with Gasteiger partial charge in [0, 0.05) is 25.0 Å². The molecule has 0 N–H and O–H groups in total. The third-order valence-corrected chi connectivity index (χ3v) is 4.61. The lowest BCUT2D eigenvalue weighted by Gasteiger charge is -2.38. The number of hydrogen-bond acceptors (Lipinski definition) is 2. The van der Waals surface area contributed by atoms with Crippen molar-refractivity contribution in [3.63, 3.8) is 0 Å². The van der Waals surface area contributed by atoms with Crippen LogP contribution in [-0.2, 0) is 21.3 Å². The van der Waals surface area contributed by atoms with E-state index in [2.05, 4.69) is 24.3 Å². The normalized spacial score (nSPS) is 22.2. The Balaban J connectivity index is 2.02. The van der Waals surface area contributed by atoms with E-state index < -0.39 is 0 Å². The molecule has 0 fully saturated rings. The fraction of sp³-hybridized carbons (Fsp3) is 0.625. The highest BCUT2D eigenvalue weighted by molar-refractivity contribution is 6.18. The van der Waals surface area contributed by atoms with Crippen LogP contribution in [0.1, 0.15) is 30.4 Å². The van der Waals surface area contributed by atoms with E-state index in [0.29, 0.717) is 19.1 Å². The first-order valence-electron chi connectivity index (χ1n) is 7.03. The lowest BCUT2D eigenvalue weighted by atomic mass is 9.69. The summed E-state index contributed by atoms with van der Waals surface area (Å²) < 4.78 is 10.6. The maximum atomic E-state index is 6.32. The molecule has 0 spiro atoms. The summed E-state index contributed by atoms with van der Waals surface area (Å²) in [6.07, 6.45) is 4.57. The van der Waals surface area contributed by atoms with E-state index in [1.165, 1.54) is 30.4 Å². The molecule has 1 unspecified atom stereocenters. The first-order chi connectivity index (χ1) is 9.32. The molecule has 2 rings (SSSR count). The van der Waals surface area contributed by atoms with Gasteiger partial charge in [-0.2, -0.15) is 0 Å². The Morgan fingerprint density at radius 1 is 1.21 bits per heavy atom. The topological polar surface area (TPSA) is 18.5 Å². The first-order valence-corrected chi connectivity index (χ1v) is 7.57. The number of methoxy groups -OCH3 is 1. The molecule has 0 heterocycles. The molecule has 0 aromatic heterocycles. The molecule has 1 aromatic carbocycles. The lowest BCUT2D eigenvalue weighted by Crippen LogP contribution is -2.34. The molecule has 19 heavy (non-hydrogen) atoms. The maximum absolute atomic E-state index is 6.32. The Labute approximate surface area is 121 Å². The van der Waals surface area contributed by atoms with Crippen LogP contribution in [0.4, 0.5) is 0 Å². The highest BCUT2D eigenvalue weighted by Gasteiger charge is 2.35. The maximum Gasteiger partial charge on any atom is 0.0700 e. The highest BCUT2D eigenvalue weighted by atomic mass is 35.5. The van der Waals surface area contributed by atoms with Crippen LogP contribution in [0.2, 0.25) is 0 Å². The van der Waals surface area contributed by atoms with Crippen LogP contribution in [0.5, 0.6) is 0 Å². The summed E-state index contributed by atoms with van der Waals surface area (Å²) in [6.45, 7) is 2.07. The third-order valence-electron chi connectivity index (χ3n) is 4.10. The fourth-order valence-electron chi connectivity index (χ4n) is 2.98. The molecular weight excluding hydrogens is 260 g/mol. The fourth-order valence-corrected chi connectivity index (χ4v) is 3.40. The Kier molecular flexibility index (Phi) is 5.68. The van der Waals surface area contributed by atoms with Gasteiger partial charge in [-0.25, -0.2) is 0 Å². The van der Waals surface area contributed by atoms with Crippen molar-refractivity contribution in [2.45, 2.75) is 31.1 Å². The summed E-state index contributed by atoms with van der Waals surface area (Å²) in [5.74, 6) is 0.678. The second-order valence-corrected chi connectivity index (χ2v) is 5.55. The average molecular weight is 283 g/mol. The monoisotopic (exact) mass is 282 g/mol. The molecule has 1 aliphatic rings. The van der Waals surface area contributed by atoms with Crippen LogP contribution in [0, 0.1) is 0 Å². The average Bonchev–Trinajstić information content (AvgIpc) is 2.47. The van der Waals surface area contributed by atoms with Gasteiger partial charge in [0.05, 0.1) is 13.2 Å². The second-order valence-electron chi connectivity index (χ2n) is 5.28. The molecule has 106 valence electrons. The van der Waals surface area contributed by atoms with Crippen LogP contribution in [-0.4, -0.2) is 32.8 Å². The molecule has 2 nitrogen and oxygen atoms in total. The predicted molar refractivity (Wildman–Crippen MR) is 79.1 cm³/mol. The third kappa shape index (κ3) is 3.50.